The van der Waals surface area contributed by atoms with Crippen molar-refractivity contribution in [2.24, 2.45) is 0 Å². The monoisotopic (exact) mass is 280 g/mol. The van der Waals surface area contributed by atoms with Crippen molar-refractivity contribution >= 4 is 5.78 Å². The van der Waals surface area contributed by atoms with Gasteiger partial charge >= 0.3 is 0 Å². The fourth-order valence-electron chi connectivity index (χ4n) is 2.89. The average Bonchev–Trinajstić information content (AvgIpc) is 2.48. The highest BCUT2D eigenvalue weighted by atomic mass is 19.1. The third-order valence-electron chi connectivity index (χ3n) is 4.14. The molecule has 0 bridgehead atoms. The van der Waals surface area contributed by atoms with Gasteiger partial charge in [-0.1, -0.05) is 25.3 Å². The van der Waals surface area contributed by atoms with Crippen LogP contribution in [-0.2, 0) is 16.0 Å². The lowest BCUT2D eigenvalue weighted by molar-refractivity contribution is -0.144. The number of carbonyl (C=O) groups is 1. The molecule has 1 fully saturated rings. The number of hydrogen-bond acceptors (Lipinski definition) is 3. The summed E-state index contributed by atoms with van der Waals surface area (Å²) in [6, 6.07) is 4.65. The maximum absolute atomic E-state index is 13.7. The summed E-state index contributed by atoms with van der Waals surface area (Å²) in [5.74, 6) is -0.197. The lowest BCUT2D eigenvalue weighted by Crippen LogP contribution is -2.43. The van der Waals surface area contributed by atoms with Crippen LogP contribution < -0.4 is 4.74 Å². The van der Waals surface area contributed by atoms with Crippen molar-refractivity contribution in [2.45, 2.75) is 44.1 Å². The molecular weight excluding hydrogens is 259 g/mol. The first kappa shape index (κ1) is 15.0. The van der Waals surface area contributed by atoms with E-state index in [1.807, 2.05) is 0 Å². The zero-order chi connectivity index (χ0) is 14.6. The van der Waals surface area contributed by atoms with Crippen molar-refractivity contribution in [3.8, 4) is 5.75 Å². The van der Waals surface area contributed by atoms with E-state index in [2.05, 4.69) is 0 Å². The number of halogens is 1. The average molecular weight is 280 g/mol. The molecule has 0 atom stereocenters. The van der Waals surface area contributed by atoms with Gasteiger partial charge in [-0.05, 0) is 30.5 Å². The quantitative estimate of drug-likeness (QED) is 0.830. The maximum Gasteiger partial charge on any atom is 0.168 e. The van der Waals surface area contributed by atoms with Crippen LogP contribution in [0.4, 0.5) is 4.39 Å². The number of ether oxygens (including phenoxy) is 2. The fourth-order valence-corrected chi connectivity index (χ4v) is 2.89. The van der Waals surface area contributed by atoms with Gasteiger partial charge in [0.25, 0.3) is 0 Å². The van der Waals surface area contributed by atoms with Crippen LogP contribution in [0.25, 0.3) is 0 Å². The van der Waals surface area contributed by atoms with Crippen molar-refractivity contribution in [2.75, 3.05) is 14.2 Å². The number of rotatable bonds is 5. The van der Waals surface area contributed by atoms with E-state index in [0.29, 0.717) is 5.56 Å². The van der Waals surface area contributed by atoms with Crippen LogP contribution in [0.2, 0.25) is 0 Å². The molecule has 20 heavy (non-hydrogen) atoms. The van der Waals surface area contributed by atoms with E-state index in [9.17, 15) is 9.18 Å². The Bertz CT molecular complexity index is 479. The highest BCUT2D eigenvalue weighted by Crippen LogP contribution is 2.33. The molecule has 0 aromatic heterocycles. The Balaban J connectivity index is 2.12. The number of ketones is 1. The minimum atomic E-state index is -0.672. The molecule has 0 heterocycles. The number of hydrogen-bond donors (Lipinski definition) is 0. The smallest absolute Gasteiger partial charge is 0.168 e. The minimum absolute atomic E-state index is 0.0456. The van der Waals surface area contributed by atoms with Gasteiger partial charge in [0.2, 0.25) is 0 Å². The summed E-state index contributed by atoms with van der Waals surface area (Å²) in [7, 11) is 3.02. The Kier molecular flexibility index (Phi) is 4.76. The van der Waals surface area contributed by atoms with Gasteiger partial charge in [-0.15, -0.1) is 0 Å². The van der Waals surface area contributed by atoms with E-state index in [4.69, 9.17) is 9.47 Å². The molecule has 1 saturated carbocycles. The standard InChI is InChI=1S/C16H21FO3/c1-19-14-7-6-12(10-13(14)17)11-15(18)16(20-2)8-4-3-5-9-16/h6-7,10H,3-5,8-9,11H2,1-2H3. The molecule has 0 amide bonds. The van der Waals surface area contributed by atoms with Crippen molar-refractivity contribution in [3.05, 3.63) is 29.6 Å². The summed E-state index contributed by atoms with van der Waals surface area (Å²) in [4.78, 5) is 12.5. The molecule has 1 aliphatic rings. The zero-order valence-electron chi connectivity index (χ0n) is 12.1. The molecule has 0 saturated heterocycles. The van der Waals surface area contributed by atoms with Gasteiger partial charge in [0.15, 0.2) is 17.3 Å². The first-order valence-electron chi connectivity index (χ1n) is 7.02. The van der Waals surface area contributed by atoms with E-state index in [1.165, 1.54) is 13.2 Å². The fraction of sp³-hybridized carbons (Fsp3) is 0.562. The Morgan fingerprint density at radius 1 is 1.25 bits per heavy atom. The lowest BCUT2D eigenvalue weighted by atomic mass is 9.79. The third-order valence-corrected chi connectivity index (χ3v) is 4.14. The molecule has 1 aromatic rings. The Morgan fingerprint density at radius 3 is 2.50 bits per heavy atom. The van der Waals surface area contributed by atoms with Gasteiger partial charge in [-0.25, -0.2) is 4.39 Å². The van der Waals surface area contributed by atoms with Crippen LogP contribution in [-0.4, -0.2) is 25.6 Å². The Morgan fingerprint density at radius 2 is 1.95 bits per heavy atom. The summed E-state index contributed by atoms with van der Waals surface area (Å²) in [6.45, 7) is 0. The topological polar surface area (TPSA) is 35.5 Å². The van der Waals surface area contributed by atoms with E-state index in [0.717, 1.165) is 32.1 Å². The van der Waals surface area contributed by atoms with E-state index in [-0.39, 0.29) is 18.0 Å². The number of methoxy groups -OCH3 is 2. The van der Waals surface area contributed by atoms with Gasteiger partial charge in [0.1, 0.15) is 5.60 Å². The van der Waals surface area contributed by atoms with E-state index in [1.54, 1.807) is 19.2 Å². The predicted octanol–water partition coefficient (Wildman–Crippen LogP) is 3.30. The van der Waals surface area contributed by atoms with Crippen LogP contribution >= 0.6 is 0 Å². The zero-order valence-corrected chi connectivity index (χ0v) is 12.1. The molecule has 2 rings (SSSR count). The largest absolute Gasteiger partial charge is 0.494 e. The number of carbonyl (C=O) groups excluding carboxylic acids is 1. The SMILES string of the molecule is COc1ccc(CC(=O)C2(OC)CCCCC2)cc1F. The summed E-state index contributed by atoms with van der Waals surface area (Å²) < 4.78 is 24.1. The predicted molar refractivity (Wildman–Crippen MR) is 74.5 cm³/mol. The molecule has 0 spiro atoms. The summed E-state index contributed by atoms with van der Waals surface area (Å²) >= 11 is 0. The van der Waals surface area contributed by atoms with Crippen LogP contribution in [0.15, 0.2) is 18.2 Å². The second kappa shape index (κ2) is 6.35. The van der Waals surface area contributed by atoms with Crippen molar-refractivity contribution in [1.29, 1.82) is 0 Å². The second-order valence-electron chi connectivity index (χ2n) is 5.33. The first-order chi connectivity index (χ1) is 9.61. The molecule has 110 valence electrons. The van der Waals surface area contributed by atoms with Crippen molar-refractivity contribution < 1.29 is 18.7 Å². The molecule has 0 N–H and O–H groups in total. The number of Topliss-reactive ketones (excluding diaryl/α,β-unsaturated/α-hetero) is 1. The Labute approximate surface area is 119 Å². The van der Waals surface area contributed by atoms with Gasteiger partial charge in [0.05, 0.1) is 7.11 Å². The van der Waals surface area contributed by atoms with Crippen molar-refractivity contribution in [3.63, 3.8) is 0 Å². The lowest BCUT2D eigenvalue weighted by Gasteiger charge is -2.34. The molecule has 0 unspecified atom stereocenters. The molecule has 0 radical (unpaired) electrons. The third kappa shape index (κ3) is 3.01. The molecular formula is C16H21FO3. The highest BCUT2D eigenvalue weighted by molar-refractivity contribution is 5.89. The second-order valence-corrected chi connectivity index (χ2v) is 5.33. The van der Waals surface area contributed by atoms with Gasteiger partial charge < -0.3 is 9.47 Å². The summed E-state index contributed by atoms with van der Waals surface area (Å²) in [5.41, 5.74) is -0.00966. The molecule has 4 heteroatoms. The number of benzene rings is 1. The van der Waals surface area contributed by atoms with Crippen LogP contribution in [0.1, 0.15) is 37.7 Å². The van der Waals surface area contributed by atoms with E-state index >= 15 is 0 Å². The molecule has 0 aliphatic heterocycles. The van der Waals surface area contributed by atoms with Gasteiger partial charge in [-0.3, -0.25) is 4.79 Å². The van der Waals surface area contributed by atoms with Gasteiger partial charge in [-0.2, -0.15) is 0 Å². The van der Waals surface area contributed by atoms with Gasteiger partial charge in [0, 0.05) is 13.5 Å². The molecule has 1 aliphatic carbocycles. The van der Waals surface area contributed by atoms with E-state index < -0.39 is 11.4 Å². The molecule has 1 aromatic carbocycles. The normalized spacial score (nSPS) is 17.8. The Hall–Kier alpha value is -1.42. The molecule has 3 nitrogen and oxygen atoms in total. The summed E-state index contributed by atoms with van der Waals surface area (Å²) in [5, 5.41) is 0. The summed E-state index contributed by atoms with van der Waals surface area (Å²) in [6.07, 6.45) is 4.90. The first-order valence-corrected chi connectivity index (χ1v) is 7.02. The highest BCUT2D eigenvalue weighted by Gasteiger charge is 2.38. The van der Waals surface area contributed by atoms with Crippen molar-refractivity contribution in [1.82, 2.24) is 0 Å². The van der Waals surface area contributed by atoms with Crippen LogP contribution in [0, 0.1) is 5.82 Å². The van der Waals surface area contributed by atoms with Crippen LogP contribution in [0.3, 0.4) is 0 Å². The minimum Gasteiger partial charge on any atom is -0.494 e. The maximum atomic E-state index is 13.7. The van der Waals surface area contributed by atoms with Crippen LogP contribution in [0.5, 0.6) is 5.75 Å².